The highest BCUT2D eigenvalue weighted by atomic mass is 19.3. The van der Waals surface area contributed by atoms with Crippen LogP contribution < -0.4 is 20.1 Å². The van der Waals surface area contributed by atoms with E-state index >= 15 is 0 Å². The van der Waals surface area contributed by atoms with Gasteiger partial charge in [0.2, 0.25) is 0 Å². The number of nitrogens with one attached hydrogen (secondary N) is 2. The van der Waals surface area contributed by atoms with Gasteiger partial charge in [0, 0.05) is 18.7 Å². The fourth-order valence-electron chi connectivity index (χ4n) is 3.37. The van der Waals surface area contributed by atoms with Crippen LogP contribution in [0.25, 0.3) is 0 Å². The quantitative estimate of drug-likeness (QED) is 0.518. The second-order valence-corrected chi connectivity index (χ2v) is 7.04. The molecule has 0 bridgehead atoms. The lowest BCUT2D eigenvalue weighted by molar-refractivity contribution is -0.0504. The van der Waals surface area contributed by atoms with Crippen LogP contribution in [0, 0.1) is 11.3 Å². The van der Waals surface area contributed by atoms with Crippen molar-refractivity contribution in [1.82, 2.24) is 10.6 Å². The lowest BCUT2D eigenvalue weighted by Crippen LogP contribution is -2.40. The average Bonchev–Trinajstić information content (AvgIpc) is 3.51. The number of hydrogen-bond acceptors (Lipinski definition) is 3. The zero-order chi connectivity index (χ0) is 18.6. The van der Waals surface area contributed by atoms with Crippen LogP contribution >= 0.6 is 0 Å². The van der Waals surface area contributed by atoms with E-state index in [1.165, 1.54) is 38.9 Å². The van der Waals surface area contributed by atoms with Gasteiger partial charge in [0.05, 0.1) is 13.7 Å². The van der Waals surface area contributed by atoms with Crippen LogP contribution in [-0.2, 0) is 6.54 Å². The zero-order valence-corrected chi connectivity index (χ0v) is 15.4. The summed E-state index contributed by atoms with van der Waals surface area (Å²) in [6.45, 7) is 1.01. The number of guanidine groups is 1. The highest BCUT2D eigenvalue weighted by Crippen LogP contribution is 2.60. The first kappa shape index (κ1) is 18.7. The molecule has 1 aromatic carbocycles. The molecule has 7 heteroatoms. The number of alkyl halides is 2. The molecule has 2 fully saturated rings. The molecule has 0 aromatic heterocycles. The number of nitrogens with zero attached hydrogens (tertiary/aromatic N) is 1. The summed E-state index contributed by atoms with van der Waals surface area (Å²) in [7, 11) is 1.54. The second kappa shape index (κ2) is 8.10. The summed E-state index contributed by atoms with van der Waals surface area (Å²) in [5.74, 6) is 2.27. The second-order valence-electron chi connectivity index (χ2n) is 7.04. The predicted octanol–water partition coefficient (Wildman–Crippen LogP) is 3.54. The Morgan fingerprint density at radius 2 is 2.08 bits per heavy atom. The Labute approximate surface area is 153 Å². The van der Waals surface area contributed by atoms with E-state index in [1.807, 2.05) is 6.92 Å². The molecule has 3 rings (SSSR count). The molecule has 0 atom stereocenters. The monoisotopic (exact) mass is 367 g/mol. The van der Waals surface area contributed by atoms with Gasteiger partial charge >= 0.3 is 6.61 Å². The van der Waals surface area contributed by atoms with E-state index in [9.17, 15) is 8.78 Å². The summed E-state index contributed by atoms with van der Waals surface area (Å²) in [6, 6.07) is 4.76. The van der Waals surface area contributed by atoms with E-state index in [0.717, 1.165) is 19.0 Å². The lowest BCUT2D eigenvalue weighted by atomic mass is 10.0. The summed E-state index contributed by atoms with van der Waals surface area (Å²) in [5, 5.41) is 6.64. The highest BCUT2D eigenvalue weighted by molar-refractivity contribution is 5.79. The standard InChI is InChI=1S/C19H27F2N3O2/c1-3-22-18(24-12-19(8-9-19)14-4-5-14)23-11-13-10-15(25-2)6-7-16(13)26-17(20)21/h6-7,10,14,17H,3-5,8-9,11-12H2,1-2H3,(H2,22,23,24). The van der Waals surface area contributed by atoms with Crippen molar-refractivity contribution in [3.05, 3.63) is 23.8 Å². The Hall–Kier alpha value is -2.05. The highest BCUT2D eigenvalue weighted by Gasteiger charge is 2.53. The molecule has 0 amide bonds. The van der Waals surface area contributed by atoms with Crippen LogP contribution in [0.1, 0.15) is 38.2 Å². The molecule has 2 saturated carbocycles. The Morgan fingerprint density at radius 1 is 1.31 bits per heavy atom. The summed E-state index contributed by atoms with van der Waals surface area (Å²) in [5.41, 5.74) is 1.01. The molecule has 0 saturated heterocycles. The zero-order valence-electron chi connectivity index (χ0n) is 15.4. The molecule has 144 valence electrons. The summed E-state index contributed by atoms with van der Waals surface area (Å²) < 4.78 is 35.0. The van der Waals surface area contributed by atoms with Gasteiger partial charge in [-0.15, -0.1) is 0 Å². The van der Waals surface area contributed by atoms with Crippen LogP contribution in [0.2, 0.25) is 0 Å². The van der Waals surface area contributed by atoms with Crippen molar-refractivity contribution in [1.29, 1.82) is 0 Å². The predicted molar refractivity (Wildman–Crippen MR) is 96.8 cm³/mol. The molecular weight excluding hydrogens is 340 g/mol. The van der Waals surface area contributed by atoms with Crippen LogP contribution in [0.15, 0.2) is 23.2 Å². The first-order chi connectivity index (χ1) is 12.6. The molecule has 0 spiro atoms. The van der Waals surface area contributed by atoms with Crippen molar-refractivity contribution in [3.8, 4) is 11.5 Å². The topological polar surface area (TPSA) is 54.9 Å². The fraction of sp³-hybridized carbons (Fsp3) is 0.632. The lowest BCUT2D eigenvalue weighted by Gasteiger charge is -2.18. The molecule has 0 unspecified atom stereocenters. The van der Waals surface area contributed by atoms with Crippen molar-refractivity contribution < 1.29 is 18.3 Å². The third kappa shape index (κ3) is 4.77. The molecule has 2 N–H and O–H groups in total. The Bertz CT molecular complexity index is 644. The largest absolute Gasteiger partial charge is 0.497 e. The van der Waals surface area contributed by atoms with Crippen LogP contribution in [0.4, 0.5) is 8.78 Å². The number of ether oxygens (including phenoxy) is 2. The van der Waals surface area contributed by atoms with Crippen LogP contribution in [0.3, 0.4) is 0 Å². The fourth-order valence-corrected chi connectivity index (χ4v) is 3.37. The summed E-state index contributed by atoms with van der Waals surface area (Å²) >= 11 is 0. The Balaban J connectivity index is 1.67. The van der Waals surface area contributed by atoms with E-state index in [2.05, 4.69) is 20.4 Å². The third-order valence-corrected chi connectivity index (χ3v) is 5.18. The van der Waals surface area contributed by atoms with Gasteiger partial charge in [0.1, 0.15) is 11.5 Å². The number of rotatable bonds is 9. The van der Waals surface area contributed by atoms with Gasteiger partial charge in [0.15, 0.2) is 5.96 Å². The van der Waals surface area contributed by atoms with Crippen LogP contribution in [-0.4, -0.2) is 32.8 Å². The van der Waals surface area contributed by atoms with E-state index in [0.29, 0.717) is 22.7 Å². The van der Waals surface area contributed by atoms with Crippen molar-refractivity contribution >= 4 is 5.96 Å². The van der Waals surface area contributed by atoms with Crippen LogP contribution in [0.5, 0.6) is 11.5 Å². The van der Waals surface area contributed by atoms with Gasteiger partial charge in [-0.3, -0.25) is 0 Å². The molecule has 26 heavy (non-hydrogen) atoms. The first-order valence-corrected chi connectivity index (χ1v) is 9.20. The summed E-state index contributed by atoms with van der Waals surface area (Å²) in [4.78, 5) is 4.55. The van der Waals surface area contributed by atoms with Crippen molar-refractivity contribution in [2.45, 2.75) is 45.8 Å². The maximum atomic E-state index is 12.6. The number of hydrogen-bond donors (Lipinski definition) is 2. The molecule has 2 aliphatic carbocycles. The normalized spacial score (nSPS) is 18.6. The van der Waals surface area contributed by atoms with Crippen molar-refractivity contribution in [2.75, 3.05) is 20.2 Å². The molecule has 2 aliphatic rings. The molecule has 1 aromatic rings. The smallest absolute Gasteiger partial charge is 0.387 e. The molecule has 0 radical (unpaired) electrons. The summed E-state index contributed by atoms with van der Waals surface area (Å²) in [6.07, 6.45) is 5.25. The SMILES string of the molecule is CCNC(=NCc1cc(OC)ccc1OC(F)F)NCC1(C2CC2)CC1. The maximum Gasteiger partial charge on any atom is 0.387 e. The number of halogens is 2. The molecule has 5 nitrogen and oxygen atoms in total. The Kier molecular flexibility index (Phi) is 5.84. The number of aliphatic imine (C=N–C) groups is 1. The number of methoxy groups -OCH3 is 1. The average molecular weight is 367 g/mol. The Morgan fingerprint density at radius 3 is 2.65 bits per heavy atom. The minimum Gasteiger partial charge on any atom is -0.497 e. The minimum atomic E-state index is -2.87. The first-order valence-electron chi connectivity index (χ1n) is 9.20. The molecule has 0 heterocycles. The maximum absolute atomic E-state index is 12.6. The van der Waals surface area contributed by atoms with E-state index in [-0.39, 0.29) is 12.3 Å². The van der Waals surface area contributed by atoms with Crippen molar-refractivity contribution in [2.24, 2.45) is 16.3 Å². The van der Waals surface area contributed by atoms with E-state index in [4.69, 9.17) is 4.74 Å². The van der Waals surface area contributed by atoms with Gasteiger partial charge in [-0.1, -0.05) is 0 Å². The van der Waals surface area contributed by atoms with Gasteiger partial charge in [-0.25, -0.2) is 4.99 Å². The van der Waals surface area contributed by atoms with E-state index < -0.39 is 6.61 Å². The van der Waals surface area contributed by atoms with Crippen molar-refractivity contribution in [3.63, 3.8) is 0 Å². The molecule has 0 aliphatic heterocycles. The van der Waals surface area contributed by atoms with Gasteiger partial charge in [-0.05, 0) is 62.1 Å². The van der Waals surface area contributed by atoms with Gasteiger partial charge in [0.25, 0.3) is 0 Å². The number of benzene rings is 1. The third-order valence-electron chi connectivity index (χ3n) is 5.18. The van der Waals surface area contributed by atoms with E-state index in [1.54, 1.807) is 12.1 Å². The molecular formula is C19H27F2N3O2. The van der Waals surface area contributed by atoms with Gasteiger partial charge in [-0.2, -0.15) is 8.78 Å². The van der Waals surface area contributed by atoms with Gasteiger partial charge < -0.3 is 20.1 Å². The minimum absolute atomic E-state index is 0.122.